The van der Waals surface area contributed by atoms with Crippen LogP contribution < -0.4 is 0 Å². The van der Waals surface area contributed by atoms with Crippen LogP contribution in [0.3, 0.4) is 0 Å². The SMILES string of the molecule is CC(=O)C1CN(C(=O)C2CCCCC2)C1. The lowest BCUT2D eigenvalue weighted by atomic mass is 9.86. The molecule has 3 nitrogen and oxygen atoms in total. The number of amides is 1. The summed E-state index contributed by atoms with van der Waals surface area (Å²) in [6.45, 7) is 2.96. The van der Waals surface area contributed by atoms with Gasteiger partial charge in [-0.1, -0.05) is 19.3 Å². The second-order valence-corrected chi connectivity index (χ2v) is 4.89. The normalized spacial score (nSPS) is 23.7. The van der Waals surface area contributed by atoms with Crippen LogP contribution in [0.25, 0.3) is 0 Å². The Balaban J connectivity index is 1.80. The van der Waals surface area contributed by atoms with Gasteiger partial charge in [-0.3, -0.25) is 9.59 Å². The Kier molecular flexibility index (Phi) is 3.08. The Bertz CT molecular complexity index is 263. The van der Waals surface area contributed by atoms with Gasteiger partial charge in [0.25, 0.3) is 0 Å². The maximum absolute atomic E-state index is 12.0. The molecular weight excluding hydrogens is 190 g/mol. The summed E-state index contributed by atoms with van der Waals surface area (Å²) in [6, 6.07) is 0. The van der Waals surface area contributed by atoms with Crippen molar-refractivity contribution in [3.8, 4) is 0 Å². The Morgan fingerprint density at radius 1 is 1.00 bits per heavy atom. The van der Waals surface area contributed by atoms with Gasteiger partial charge in [-0.2, -0.15) is 0 Å². The van der Waals surface area contributed by atoms with Crippen LogP contribution in [0.15, 0.2) is 0 Å². The summed E-state index contributed by atoms with van der Waals surface area (Å²) in [7, 11) is 0. The summed E-state index contributed by atoms with van der Waals surface area (Å²) < 4.78 is 0. The summed E-state index contributed by atoms with van der Waals surface area (Å²) >= 11 is 0. The van der Waals surface area contributed by atoms with Crippen LogP contribution in [0.5, 0.6) is 0 Å². The molecular formula is C12H19NO2. The first-order valence-electron chi connectivity index (χ1n) is 5.97. The summed E-state index contributed by atoms with van der Waals surface area (Å²) in [6.07, 6.45) is 5.78. The molecule has 3 heteroatoms. The molecule has 0 aromatic heterocycles. The Hall–Kier alpha value is -0.860. The van der Waals surface area contributed by atoms with E-state index in [-0.39, 0.29) is 17.6 Å². The summed E-state index contributed by atoms with van der Waals surface area (Å²) in [5.74, 6) is 0.902. The van der Waals surface area contributed by atoms with E-state index >= 15 is 0 Å². The Morgan fingerprint density at radius 2 is 1.60 bits per heavy atom. The molecule has 1 aliphatic heterocycles. The molecule has 0 unspecified atom stereocenters. The lowest BCUT2D eigenvalue weighted by Crippen LogP contribution is -2.54. The van der Waals surface area contributed by atoms with Gasteiger partial charge in [-0.25, -0.2) is 0 Å². The lowest BCUT2D eigenvalue weighted by Gasteiger charge is -2.40. The van der Waals surface area contributed by atoms with Crippen LogP contribution in [0.2, 0.25) is 0 Å². The monoisotopic (exact) mass is 209 g/mol. The number of Topliss-reactive ketones (excluding diaryl/α,β-unsaturated/α-hetero) is 1. The second-order valence-electron chi connectivity index (χ2n) is 4.89. The van der Waals surface area contributed by atoms with Gasteiger partial charge in [0.2, 0.25) is 5.91 Å². The van der Waals surface area contributed by atoms with Gasteiger partial charge in [0.05, 0.1) is 5.92 Å². The fourth-order valence-electron chi connectivity index (χ4n) is 2.52. The van der Waals surface area contributed by atoms with Gasteiger partial charge >= 0.3 is 0 Å². The molecule has 1 saturated heterocycles. The molecule has 1 aliphatic carbocycles. The van der Waals surface area contributed by atoms with Gasteiger partial charge < -0.3 is 4.90 Å². The van der Waals surface area contributed by atoms with E-state index < -0.39 is 0 Å². The van der Waals surface area contributed by atoms with Crippen molar-refractivity contribution in [1.29, 1.82) is 0 Å². The number of ketones is 1. The van der Waals surface area contributed by atoms with Crippen LogP contribution in [0.1, 0.15) is 39.0 Å². The zero-order chi connectivity index (χ0) is 10.8. The Labute approximate surface area is 90.8 Å². The number of nitrogens with zero attached hydrogens (tertiary/aromatic N) is 1. The standard InChI is InChI=1S/C12H19NO2/c1-9(14)11-7-13(8-11)12(15)10-5-3-2-4-6-10/h10-11H,2-8H2,1H3. The second kappa shape index (κ2) is 4.33. The van der Waals surface area contributed by atoms with Crippen molar-refractivity contribution in [3.05, 3.63) is 0 Å². The molecule has 2 fully saturated rings. The quantitative estimate of drug-likeness (QED) is 0.693. The highest BCUT2D eigenvalue weighted by Gasteiger charge is 2.36. The third-order valence-corrected chi connectivity index (χ3v) is 3.72. The maximum Gasteiger partial charge on any atom is 0.225 e. The molecule has 0 N–H and O–H groups in total. The minimum absolute atomic E-state index is 0.123. The Morgan fingerprint density at radius 3 is 2.13 bits per heavy atom. The molecule has 0 radical (unpaired) electrons. The van der Waals surface area contributed by atoms with Gasteiger partial charge in [0, 0.05) is 19.0 Å². The first-order valence-corrected chi connectivity index (χ1v) is 5.97. The van der Waals surface area contributed by atoms with Crippen LogP contribution in [-0.2, 0) is 9.59 Å². The van der Waals surface area contributed by atoms with Crippen molar-refractivity contribution in [2.75, 3.05) is 13.1 Å². The van der Waals surface area contributed by atoms with E-state index in [9.17, 15) is 9.59 Å². The summed E-state index contributed by atoms with van der Waals surface area (Å²) in [5.41, 5.74) is 0. The van der Waals surface area contributed by atoms with Crippen molar-refractivity contribution in [1.82, 2.24) is 4.90 Å². The lowest BCUT2D eigenvalue weighted by molar-refractivity contribution is -0.146. The third kappa shape index (κ3) is 2.21. The third-order valence-electron chi connectivity index (χ3n) is 3.72. The van der Waals surface area contributed by atoms with Crippen LogP contribution in [0.4, 0.5) is 0 Å². The van der Waals surface area contributed by atoms with Crippen LogP contribution in [0, 0.1) is 11.8 Å². The van der Waals surface area contributed by atoms with Gasteiger partial charge in [0.15, 0.2) is 0 Å². The summed E-state index contributed by atoms with van der Waals surface area (Å²) in [4.78, 5) is 24.9. The van der Waals surface area contributed by atoms with E-state index in [4.69, 9.17) is 0 Å². The molecule has 84 valence electrons. The predicted molar refractivity (Wildman–Crippen MR) is 57.3 cm³/mol. The highest BCUT2D eigenvalue weighted by atomic mass is 16.2. The number of hydrogen-bond donors (Lipinski definition) is 0. The minimum Gasteiger partial charge on any atom is -0.341 e. The van der Waals surface area contributed by atoms with Gasteiger partial charge in [-0.15, -0.1) is 0 Å². The zero-order valence-electron chi connectivity index (χ0n) is 9.37. The maximum atomic E-state index is 12.0. The number of hydrogen-bond acceptors (Lipinski definition) is 2. The van der Waals surface area contributed by atoms with Crippen molar-refractivity contribution in [2.45, 2.75) is 39.0 Å². The molecule has 0 aromatic carbocycles. The zero-order valence-corrected chi connectivity index (χ0v) is 9.37. The largest absolute Gasteiger partial charge is 0.341 e. The number of carbonyl (C=O) groups excluding carboxylic acids is 2. The summed E-state index contributed by atoms with van der Waals surface area (Å²) in [5, 5.41) is 0. The van der Waals surface area contributed by atoms with E-state index in [0.717, 1.165) is 12.8 Å². The molecule has 0 atom stereocenters. The van der Waals surface area contributed by atoms with E-state index in [1.807, 2.05) is 4.90 Å². The molecule has 2 rings (SSSR count). The van der Waals surface area contributed by atoms with Crippen LogP contribution in [-0.4, -0.2) is 29.7 Å². The first-order chi connectivity index (χ1) is 7.18. The fourth-order valence-corrected chi connectivity index (χ4v) is 2.52. The predicted octanol–water partition coefficient (Wildman–Crippen LogP) is 1.61. The average Bonchev–Trinajstić information content (AvgIpc) is 2.16. The topological polar surface area (TPSA) is 37.4 Å². The molecule has 0 aromatic rings. The van der Waals surface area contributed by atoms with Gasteiger partial charge in [0.1, 0.15) is 5.78 Å². The van der Waals surface area contributed by atoms with E-state index in [1.54, 1.807) is 6.92 Å². The van der Waals surface area contributed by atoms with Crippen molar-refractivity contribution in [3.63, 3.8) is 0 Å². The first kappa shape index (κ1) is 10.7. The van der Waals surface area contributed by atoms with E-state index in [1.165, 1.54) is 19.3 Å². The number of likely N-dealkylation sites (tertiary alicyclic amines) is 1. The smallest absolute Gasteiger partial charge is 0.225 e. The molecule has 2 aliphatic rings. The van der Waals surface area contributed by atoms with E-state index in [2.05, 4.69) is 0 Å². The molecule has 1 saturated carbocycles. The van der Waals surface area contributed by atoms with Crippen molar-refractivity contribution < 1.29 is 9.59 Å². The minimum atomic E-state index is 0.123. The van der Waals surface area contributed by atoms with Gasteiger partial charge in [-0.05, 0) is 19.8 Å². The molecule has 0 spiro atoms. The average molecular weight is 209 g/mol. The molecule has 1 heterocycles. The highest BCUT2D eigenvalue weighted by Crippen LogP contribution is 2.28. The van der Waals surface area contributed by atoms with E-state index in [0.29, 0.717) is 19.0 Å². The molecule has 15 heavy (non-hydrogen) atoms. The number of carbonyl (C=O) groups is 2. The number of rotatable bonds is 2. The highest BCUT2D eigenvalue weighted by molar-refractivity contribution is 5.85. The molecule has 0 bridgehead atoms. The van der Waals surface area contributed by atoms with Crippen molar-refractivity contribution >= 4 is 11.7 Å². The molecule has 1 amide bonds. The van der Waals surface area contributed by atoms with Crippen molar-refractivity contribution in [2.24, 2.45) is 11.8 Å². The van der Waals surface area contributed by atoms with Crippen LogP contribution >= 0.6 is 0 Å². The fraction of sp³-hybridized carbons (Fsp3) is 0.833.